The molecule has 4 heteroatoms. The van der Waals surface area contributed by atoms with E-state index >= 15 is 0 Å². The van der Waals surface area contributed by atoms with Crippen LogP contribution in [0, 0.1) is 0 Å². The lowest BCUT2D eigenvalue weighted by molar-refractivity contribution is -0.111. The van der Waals surface area contributed by atoms with Crippen LogP contribution in [-0.2, 0) is 4.79 Å². The van der Waals surface area contributed by atoms with Crippen molar-refractivity contribution in [2.45, 2.75) is 52.4 Å². The van der Waals surface area contributed by atoms with Gasteiger partial charge in [0.25, 0.3) is 0 Å². The zero-order valence-electron chi connectivity index (χ0n) is 18.0. The molecule has 0 saturated carbocycles. The summed E-state index contributed by atoms with van der Waals surface area (Å²) < 4.78 is 11.3. The van der Waals surface area contributed by atoms with E-state index in [0.717, 1.165) is 29.0 Å². The van der Waals surface area contributed by atoms with Crippen LogP contribution in [0.15, 0.2) is 48.5 Å². The summed E-state index contributed by atoms with van der Waals surface area (Å²) in [6, 6.07) is 13.6. The van der Waals surface area contributed by atoms with Crippen LogP contribution in [0.3, 0.4) is 0 Å². The first-order chi connectivity index (χ1) is 14.0. The maximum atomic E-state index is 12.4. The summed E-state index contributed by atoms with van der Waals surface area (Å²) in [6.07, 6.45) is 7.97. The zero-order chi connectivity index (χ0) is 21.1. The van der Waals surface area contributed by atoms with Gasteiger partial charge in [0.05, 0.1) is 13.7 Å². The average molecular weight is 396 g/mol. The van der Waals surface area contributed by atoms with Gasteiger partial charge >= 0.3 is 0 Å². The minimum Gasteiger partial charge on any atom is -0.493 e. The van der Waals surface area contributed by atoms with Crippen LogP contribution < -0.4 is 14.8 Å². The molecule has 0 aliphatic carbocycles. The predicted molar refractivity (Wildman–Crippen MR) is 121 cm³/mol. The van der Waals surface area contributed by atoms with Gasteiger partial charge in [0, 0.05) is 11.8 Å². The Balaban J connectivity index is 1.98. The van der Waals surface area contributed by atoms with Gasteiger partial charge in [-0.2, -0.15) is 0 Å². The molecule has 2 aromatic rings. The second kappa shape index (κ2) is 11.9. The Morgan fingerprint density at radius 1 is 1.07 bits per heavy atom. The number of carbonyl (C=O) groups is 1. The molecule has 4 nitrogen and oxygen atoms in total. The molecule has 0 aromatic heterocycles. The summed E-state index contributed by atoms with van der Waals surface area (Å²) in [5.41, 5.74) is 2.85. The third-order valence-corrected chi connectivity index (χ3v) is 4.71. The number of carbonyl (C=O) groups excluding carboxylic acids is 1. The molecule has 0 aliphatic rings. The molecule has 156 valence electrons. The van der Waals surface area contributed by atoms with Crippen molar-refractivity contribution in [1.82, 2.24) is 0 Å². The standard InChI is InChI=1S/C25H33NO3/c1-5-6-7-10-17-29-23-15-13-20(18-24(23)28-4)14-16-25(27)26-22-12-9-8-11-21(22)19(2)3/h8-9,11-16,18-19H,5-7,10,17H2,1-4H3,(H,26,27)/b16-14+. The van der Waals surface area contributed by atoms with Gasteiger partial charge in [-0.15, -0.1) is 0 Å². The number of nitrogens with one attached hydrogen (secondary N) is 1. The van der Waals surface area contributed by atoms with Gasteiger partial charge in [0.2, 0.25) is 5.91 Å². The van der Waals surface area contributed by atoms with Crippen molar-refractivity contribution in [1.29, 1.82) is 0 Å². The highest BCUT2D eigenvalue weighted by Crippen LogP contribution is 2.29. The Morgan fingerprint density at radius 2 is 1.86 bits per heavy atom. The lowest BCUT2D eigenvalue weighted by Crippen LogP contribution is -2.10. The van der Waals surface area contributed by atoms with Crippen LogP contribution in [-0.4, -0.2) is 19.6 Å². The number of rotatable bonds is 11. The highest BCUT2D eigenvalue weighted by molar-refractivity contribution is 6.02. The van der Waals surface area contributed by atoms with Gasteiger partial charge in [0.15, 0.2) is 11.5 Å². The molecule has 0 unspecified atom stereocenters. The number of para-hydroxylation sites is 1. The number of benzene rings is 2. The Bertz CT molecular complexity index is 811. The largest absolute Gasteiger partial charge is 0.493 e. The summed E-state index contributed by atoms with van der Waals surface area (Å²) in [4.78, 5) is 12.4. The van der Waals surface area contributed by atoms with Crippen LogP contribution in [0.25, 0.3) is 6.08 Å². The van der Waals surface area contributed by atoms with E-state index in [1.165, 1.54) is 25.3 Å². The van der Waals surface area contributed by atoms with Gasteiger partial charge in [-0.05, 0) is 47.7 Å². The minimum atomic E-state index is -0.159. The number of amides is 1. The highest BCUT2D eigenvalue weighted by atomic mass is 16.5. The molecule has 0 radical (unpaired) electrons. The molecule has 0 saturated heterocycles. The fourth-order valence-corrected chi connectivity index (χ4v) is 3.08. The minimum absolute atomic E-state index is 0.159. The van der Waals surface area contributed by atoms with E-state index in [1.54, 1.807) is 13.2 Å². The van der Waals surface area contributed by atoms with Crippen LogP contribution in [0.1, 0.15) is 63.5 Å². The molecule has 2 aromatic carbocycles. The molecule has 29 heavy (non-hydrogen) atoms. The first-order valence-electron chi connectivity index (χ1n) is 10.4. The second-order valence-corrected chi connectivity index (χ2v) is 7.38. The highest BCUT2D eigenvalue weighted by Gasteiger charge is 2.08. The average Bonchev–Trinajstić information content (AvgIpc) is 2.72. The normalized spacial score (nSPS) is 11.1. The number of ether oxygens (including phenoxy) is 2. The number of hydrogen-bond acceptors (Lipinski definition) is 3. The maximum absolute atomic E-state index is 12.4. The number of hydrogen-bond donors (Lipinski definition) is 1. The van der Waals surface area contributed by atoms with Gasteiger partial charge < -0.3 is 14.8 Å². The lowest BCUT2D eigenvalue weighted by atomic mass is 10.0. The Hall–Kier alpha value is -2.75. The Kier molecular flexibility index (Phi) is 9.29. The third kappa shape index (κ3) is 7.30. The predicted octanol–water partition coefficient (Wildman–Crippen LogP) is 6.43. The topological polar surface area (TPSA) is 47.6 Å². The zero-order valence-corrected chi connectivity index (χ0v) is 18.0. The molecule has 1 amide bonds. The van der Waals surface area contributed by atoms with E-state index in [9.17, 15) is 4.79 Å². The van der Waals surface area contributed by atoms with Crippen molar-refractivity contribution in [2.24, 2.45) is 0 Å². The second-order valence-electron chi connectivity index (χ2n) is 7.38. The lowest BCUT2D eigenvalue weighted by Gasteiger charge is -2.12. The maximum Gasteiger partial charge on any atom is 0.248 e. The summed E-state index contributed by atoms with van der Waals surface area (Å²) in [7, 11) is 1.63. The smallest absolute Gasteiger partial charge is 0.248 e. The molecule has 0 fully saturated rings. The van der Waals surface area contributed by atoms with E-state index in [0.29, 0.717) is 18.3 Å². The molecular weight excluding hydrogens is 362 g/mol. The van der Waals surface area contributed by atoms with Crippen molar-refractivity contribution >= 4 is 17.7 Å². The van der Waals surface area contributed by atoms with Gasteiger partial charge in [-0.25, -0.2) is 0 Å². The number of anilines is 1. The first kappa shape index (κ1) is 22.5. The van der Waals surface area contributed by atoms with Gasteiger partial charge in [-0.1, -0.05) is 64.3 Å². The molecule has 0 aliphatic heterocycles. The van der Waals surface area contributed by atoms with Crippen molar-refractivity contribution < 1.29 is 14.3 Å². The molecular formula is C25H33NO3. The quantitative estimate of drug-likeness (QED) is 0.352. The molecule has 0 heterocycles. The van der Waals surface area contributed by atoms with Crippen molar-refractivity contribution in [3.63, 3.8) is 0 Å². The summed E-state index contributed by atoms with van der Waals surface area (Å²) in [5, 5.41) is 2.97. The molecule has 2 rings (SSSR count). The van der Waals surface area contributed by atoms with Crippen molar-refractivity contribution in [3.05, 3.63) is 59.7 Å². The fourth-order valence-electron chi connectivity index (χ4n) is 3.08. The Morgan fingerprint density at radius 3 is 2.59 bits per heavy atom. The van der Waals surface area contributed by atoms with Crippen LogP contribution in [0.4, 0.5) is 5.69 Å². The Labute approximate surface area is 174 Å². The van der Waals surface area contributed by atoms with Gasteiger partial charge in [0.1, 0.15) is 0 Å². The summed E-state index contributed by atoms with van der Waals surface area (Å²) >= 11 is 0. The van der Waals surface area contributed by atoms with E-state index in [2.05, 4.69) is 26.1 Å². The van der Waals surface area contributed by atoms with E-state index in [-0.39, 0.29) is 5.91 Å². The summed E-state index contributed by atoms with van der Waals surface area (Å²) in [6.45, 7) is 7.10. The third-order valence-electron chi connectivity index (χ3n) is 4.71. The molecule has 0 bridgehead atoms. The van der Waals surface area contributed by atoms with E-state index < -0.39 is 0 Å². The van der Waals surface area contributed by atoms with E-state index in [1.807, 2.05) is 42.5 Å². The monoisotopic (exact) mass is 395 g/mol. The van der Waals surface area contributed by atoms with Crippen LogP contribution >= 0.6 is 0 Å². The molecule has 0 atom stereocenters. The van der Waals surface area contributed by atoms with E-state index in [4.69, 9.17) is 9.47 Å². The van der Waals surface area contributed by atoms with Crippen LogP contribution in [0.2, 0.25) is 0 Å². The fraction of sp³-hybridized carbons (Fsp3) is 0.400. The number of unbranched alkanes of at least 4 members (excludes halogenated alkanes) is 3. The molecule has 1 N–H and O–H groups in total. The SMILES string of the molecule is CCCCCCOc1ccc(/C=C/C(=O)Nc2ccccc2C(C)C)cc1OC. The summed E-state index contributed by atoms with van der Waals surface area (Å²) in [5.74, 6) is 1.59. The van der Waals surface area contributed by atoms with Crippen LogP contribution in [0.5, 0.6) is 11.5 Å². The number of methoxy groups -OCH3 is 1. The van der Waals surface area contributed by atoms with Crippen molar-refractivity contribution in [3.8, 4) is 11.5 Å². The first-order valence-corrected chi connectivity index (χ1v) is 10.4. The van der Waals surface area contributed by atoms with Gasteiger partial charge in [-0.3, -0.25) is 4.79 Å². The molecule has 0 spiro atoms. The van der Waals surface area contributed by atoms with Crippen molar-refractivity contribution in [2.75, 3.05) is 19.0 Å².